The van der Waals surface area contributed by atoms with E-state index >= 15 is 0 Å². The maximum atomic E-state index is 12.8. The van der Waals surface area contributed by atoms with Gasteiger partial charge in [-0.05, 0) is 30.0 Å². The van der Waals surface area contributed by atoms with Crippen molar-refractivity contribution in [3.63, 3.8) is 0 Å². The van der Waals surface area contributed by atoms with Crippen LogP contribution >= 0.6 is 0 Å². The Hall–Kier alpha value is -1.44. The van der Waals surface area contributed by atoms with Crippen molar-refractivity contribution < 1.29 is 13.2 Å². The molecule has 1 aromatic carbocycles. The molecule has 138 valence electrons. The Morgan fingerprint density at radius 3 is 2.24 bits per heavy atom. The van der Waals surface area contributed by atoms with E-state index in [9.17, 15) is 13.2 Å². The molecule has 1 atom stereocenters. The summed E-state index contributed by atoms with van der Waals surface area (Å²) in [6, 6.07) is 7.22. The highest BCUT2D eigenvalue weighted by atomic mass is 32.2. The molecule has 0 saturated carbocycles. The second-order valence-electron chi connectivity index (χ2n) is 6.96. The molecule has 6 nitrogen and oxygen atoms in total. The normalized spacial score (nSPS) is 21.0. The van der Waals surface area contributed by atoms with E-state index in [2.05, 4.69) is 19.2 Å². The Morgan fingerprint density at radius 1 is 1.16 bits per heavy atom. The first-order chi connectivity index (χ1) is 11.9. The van der Waals surface area contributed by atoms with Crippen LogP contribution in [0.1, 0.15) is 31.7 Å². The van der Waals surface area contributed by atoms with Gasteiger partial charge in [0.25, 0.3) is 0 Å². The topological polar surface area (TPSA) is 69.7 Å². The van der Waals surface area contributed by atoms with Crippen molar-refractivity contribution >= 4 is 15.9 Å². The number of hydrogen-bond donors (Lipinski definition) is 1. The van der Waals surface area contributed by atoms with E-state index < -0.39 is 10.0 Å². The van der Waals surface area contributed by atoms with E-state index in [0.717, 1.165) is 25.1 Å². The molecule has 2 fully saturated rings. The Kier molecular flexibility index (Phi) is 5.46. The molecule has 2 saturated heterocycles. The number of piperazine rings is 1. The number of sulfonamides is 1. The number of rotatable bonds is 5. The highest BCUT2D eigenvalue weighted by Gasteiger charge is 2.34. The van der Waals surface area contributed by atoms with E-state index in [0.29, 0.717) is 37.0 Å². The number of carbonyl (C=O) groups is 1. The van der Waals surface area contributed by atoms with E-state index in [4.69, 9.17) is 0 Å². The van der Waals surface area contributed by atoms with Crippen molar-refractivity contribution in [1.82, 2.24) is 14.5 Å². The van der Waals surface area contributed by atoms with Crippen LogP contribution in [0.3, 0.4) is 0 Å². The van der Waals surface area contributed by atoms with Crippen LogP contribution < -0.4 is 5.32 Å². The summed E-state index contributed by atoms with van der Waals surface area (Å²) in [5.41, 5.74) is 1.16. The number of benzene rings is 1. The summed E-state index contributed by atoms with van der Waals surface area (Å²) < 4.78 is 27.2. The van der Waals surface area contributed by atoms with Gasteiger partial charge in [0, 0.05) is 39.3 Å². The number of amides is 1. The third-order valence-corrected chi connectivity index (χ3v) is 7.29. The Balaban J connectivity index is 1.64. The molecule has 2 aliphatic rings. The van der Waals surface area contributed by atoms with Gasteiger partial charge in [-0.1, -0.05) is 26.0 Å². The van der Waals surface area contributed by atoms with Gasteiger partial charge in [0.15, 0.2) is 0 Å². The molecule has 3 rings (SSSR count). The zero-order valence-electron chi connectivity index (χ0n) is 14.9. The second-order valence-corrected chi connectivity index (χ2v) is 8.90. The lowest BCUT2D eigenvalue weighted by atomic mass is 9.99. The molecule has 0 aromatic heterocycles. The van der Waals surface area contributed by atoms with Gasteiger partial charge < -0.3 is 10.2 Å². The SMILES string of the molecule is CCC(C)c1ccc(S(=O)(=O)N2CCN(C(=O)C3CNC3)CC2)cc1. The van der Waals surface area contributed by atoms with Gasteiger partial charge in [-0.25, -0.2) is 8.42 Å². The second kappa shape index (κ2) is 7.43. The third-order valence-electron chi connectivity index (χ3n) is 5.38. The molecule has 25 heavy (non-hydrogen) atoms. The summed E-state index contributed by atoms with van der Waals surface area (Å²) in [6.07, 6.45) is 1.03. The zero-order valence-corrected chi connectivity index (χ0v) is 15.8. The Labute approximate surface area is 150 Å². The predicted octanol–water partition coefficient (Wildman–Crippen LogP) is 1.25. The fraction of sp³-hybridized carbons (Fsp3) is 0.611. The summed E-state index contributed by atoms with van der Waals surface area (Å²) >= 11 is 0. The van der Waals surface area contributed by atoms with Crippen LogP contribution in [0.5, 0.6) is 0 Å². The lowest BCUT2D eigenvalue weighted by Crippen LogP contribution is -2.57. The molecule has 0 bridgehead atoms. The monoisotopic (exact) mass is 365 g/mol. The van der Waals surface area contributed by atoms with Gasteiger partial charge in [-0.15, -0.1) is 0 Å². The molecule has 0 radical (unpaired) electrons. The largest absolute Gasteiger partial charge is 0.340 e. The molecular weight excluding hydrogens is 338 g/mol. The van der Waals surface area contributed by atoms with Crippen molar-refractivity contribution in [1.29, 1.82) is 0 Å². The molecule has 1 amide bonds. The molecule has 7 heteroatoms. The summed E-state index contributed by atoms with van der Waals surface area (Å²) in [4.78, 5) is 14.4. The van der Waals surface area contributed by atoms with Crippen LogP contribution in [0, 0.1) is 5.92 Å². The van der Waals surface area contributed by atoms with Gasteiger partial charge in [-0.3, -0.25) is 4.79 Å². The first-order valence-electron chi connectivity index (χ1n) is 9.03. The molecular formula is C18H27N3O3S. The molecule has 1 unspecified atom stereocenters. The summed E-state index contributed by atoms with van der Waals surface area (Å²) in [7, 11) is -3.49. The van der Waals surface area contributed by atoms with Crippen LogP contribution in [-0.4, -0.2) is 62.8 Å². The Morgan fingerprint density at radius 2 is 1.76 bits per heavy atom. The van der Waals surface area contributed by atoms with E-state index in [1.807, 2.05) is 12.1 Å². The molecule has 2 aliphatic heterocycles. The number of carbonyl (C=O) groups excluding carboxylic acids is 1. The highest BCUT2D eigenvalue weighted by molar-refractivity contribution is 7.89. The van der Waals surface area contributed by atoms with Gasteiger partial charge >= 0.3 is 0 Å². The van der Waals surface area contributed by atoms with Crippen LogP contribution in [0.25, 0.3) is 0 Å². The van der Waals surface area contributed by atoms with Crippen molar-refractivity contribution in [3.8, 4) is 0 Å². The maximum Gasteiger partial charge on any atom is 0.243 e. The van der Waals surface area contributed by atoms with E-state index in [-0.39, 0.29) is 11.8 Å². The molecule has 1 N–H and O–H groups in total. The van der Waals surface area contributed by atoms with Crippen LogP contribution in [0.15, 0.2) is 29.2 Å². The van der Waals surface area contributed by atoms with Crippen molar-refractivity contribution in [3.05, 3.63) is 29.8 Å². The Bertz CT molecular complexity index is 706. The average Bonchev–Trinajstić information content (AvgIpc) is 2.59. The molecule has 2 heterocycles. The lowest BCUT2D eigenvalue weighted by molar-refractivity contribution is -0.138. The van der Waals surface area contributed by atoms with Crippen molar-refractivity contribution in [2.45, 2.75) is 31.1 Å². The molecule has 0 aliphatic carbocycles. The first kappa shape index (κ1) is 18.4. The molecule has 0 spiro atoms. The van der Waals surface area contributed by atoms with Gasteiger partial charge in [0.1, 0.15) is 0 Å². The number of nitrogens with zero attached hydrogens (tertiary/aromatic N) is 2. The van der Waals surface area contributed by atoms with Crippen LogP contribution in [0.4, 0.5) is 0 Å². The lowest BCUT2D eigenvalue weighted by Gasteiger charge is -2.38. The summed E-state index contributed by atoms with van der Waals surface area (Å²) in [6.45, 7) is 7.40. The standard InChI is InChI=1S/C18H27N3O3S/c1-3-14(2)15-4-6-17(7-5-15)25(23,24)21-10-8-20(9-11-21)18(22)16-12-19-13-16/h4-7,14,16,19H,3,8-13H2,1-2H3. The highest BCUT2D eigenvalue weighted by Crippen LogP contribution is 2.23. The third kappa shape index (κ3) is 3.73. The predicted molar refractivity (Wildman–Crippen MR) is 96.8 cm³/mol. The van der Waals surface area contributed by atoms with Crippen LogP contribution in [0.2, 0.25) is 0 Å². The minimum Gasteiger partial charge on any atom is -0.340 e. The average molecular weight is 365 g/mol. The summed E-state index contributed by atoms with van der Waals surface area (Å²) in [5.74, 6) is 0.636. The van der Waals surface area contributed by atoms with Crippen LogP contribution in [-0.2, 0) is 14.8 Å². The maximum absolute atomic E-state index is 12.8. The van der Waals surface area contributed by atoms with Gasteiger partial charge in [0.05, 0.1) is 10.8 Å². The van der Waals surface area contributed by atoms with E-state index in [1.54, 1.807) is 17.0 Å². The quantitative estimate of drug-likeness (QED) is 0.853. The van der Waals surface area contributed by atoms with Gasteiger partial charge in [0.2, 0.25) is 15.9 Å². The van der Waals surface area contributed by atoms with Crippen molar-refractivity contribution in [2.24, 2.45) is 5.92 Å². The minimum atomic E-state index is -3.49. The number of nitrogens with one attached hydrogen (secondary N) is 1. The van der Waals surface area contributed by atoms with Gasteiger partial charge in [-0.2, -0.15) is 4.31 Å². The van der Waals surface area contributed by atoms with Crippen molar-refractivity contribution in [2.75, 3.05) is 39.3 Å². The fourth-order valence-electron chi connectivity index (χ4n) is 3.22. The fourth-order valence-corrected chi connectivity index (χ4v) is 4.65. The number of hydrogen-bond acceptors (Lipinski definition) is 4. The summed E-state index contributed by atoms with van der Waals surface area (Å²) in [5, 5.41) is 3.10. The minimum absolute atomic E-state index is 0.0660. The zero-order chi connectivity index (χ0) is 18.0. The molecule has 1 aromatic rings. The smallest absolute Gasteiger partial charge is 0.243 e. The first-order valence-corrected chi connectivity index (χ1v) is 10.5. The van der Waals surface area contributed by atoms with E-state index in [1.165, 1.54) is 4.31 Å².